The summed E-state index contributed by atoms with van der Waals surface area (Å²) in [6.07, 6.45) is 2.21. The molecule has 1 N–H and O–H groups in total. The largest absolute Gasteiger partial charge is 0.337 e. The van der Waals surface area contributed by atoms with Crippen LogP contribution in [0.5, 0.6) is 0 Å². The lowest BCUT2D eigenvalue weighted by Crippen LogP contribution is -2.42. The minimum Gasteiger partial charge on any atom is -0.337 e. The number of carbonyl (C=O) groups excluding carboxylic acids is 1. The van der Waals surface area contributed by atoms with E-state index in [9.17, 15) is 9.18 Å². The third-order valence-electron chi connectivity index (χ3n) is 5.07. The second kappa shape index (κ2) is 6.63. The third kappa shape index (κ3) is 3.42. The Morgan fingerprint density at radius 3 is 2.38 bits per heavy atom. The maximum absolute atomic E-state index is 13.0. The second-order valence-corrected chi connectivity index (χ2v) is 6.64. The van der Waals surface area contributed by atoms with Crippen LogP contribution in [0.1, 0.15) is 36.9 Å². The van der Waals surface area contributed by atoms with Crippen molar-refractivity contribution in [1.82, 2.24) is 10.2 Å². The van der Waals surface area contributed by atoms with Gasteiger partial charge in [-0.2, -0.15) is 0 Å². The van der Waals surface area contributed by atoms with Gasteiger partial charge in [0.25, 0.3) is 0 Å². The molecule has 0 saturated heterocycles. The van der Waals surface area contributed by atoms with Crippen LogP contribution in [-0.4, -0.2) is 24.5 Å². The predicted molar refractivity (Wildman–Crippen MR) is 93.3 cm³/mol. The molecule has 0 aromatic heterocycles. The second-order valence-electron chi connectivity index (χ2n) is 6.64. The summed E-state index contributed by atoms with van der Waals surface area (Å²) in [5.74, 6) is -0.267. The predicted octanol–water partition coefficient (Wildman–Crippen LogP) is 4.26. The number of rotatable bonds is 5. The van der Waals surface area contributed by atoms with Gasteiger partial charge < -0.3 is 10.2 Å². The lowest BCUT2D eigenvalue weighted by Gasteiger charge is -2.27. The van der Waals surface area contributed by atoms with Gasteiger partial charge in [-0.1, -0.05) is 42.5 Å². The lowest BCUT2D eigenvalue weighted by molar-refractivity contribution is 0.193. The molecule has 0 radical (unpaired) electrons. The van der Waals surface area contributed by atoms with Gasteiger partial charge in [0, 0.05) is 19.0 Å². The molecule has 2 amide bonds. The van der Waals surface area contributed by atoms with Crippen LogP contribution in [0.3, 0.4) is 0 Å². The molecule has 3 nitrogen and oxygen atoms in total. The first-order valence-corrected chi connectivity index (χ1v) is 8.33. The summed E-state index contributed by atoms with van der Waals surface area (Å²) >= 11 is 0. The van der Waals surface area contributed by atoms with E-state index in [-0.39, 0.29) is 23.3 Å². The van der Waals surface area contributed by atoms with Gasteiger partial charge in [0.2, 0.25) is 0 Å². The zero-order valence-corrected chi connectivity index (χ0v) is 14.1. The molecule has 1 aliphatic rings. The number of nitrogens with one attached hydrogen (secondary N) is 1. The molecule has 1 saturated carbocycles. The number of hydrogen-bond acceptors (Lipinski definition) is 1. The fourth-order valence-electron chi connectivity index (χ4n) is 3.02. The molecule has 0 bridgehead atoms. The van der Waals surface area contributed by atoms with Gasteiger partial charge in [-0.3, -0.25) is 0 Å². The highest BCUT2D eigenvalue weighted by Gasteiger charge is 2.44. The number of urea groups is 1. The van der Waals surface area contributed by atoms with Gasteiger partial charge in [-0.05, 0) is 43.0 Å². The molecule has 24 heavy (non-hydrogen) atoms. The van der Waals surface area contributed by atoms with Crippen LogP contribution >= 0.6 is 0 Å². The zero-order valence-electron chi connectivity index (χ0n) is 14.1. The molecular weight excluding hydrogens is 303 g/mol. The topological polar surface area (TPSA) is 32.3 Å². The molecule has 1 aliphatic carbocycles. The highest BCUT2D eigenvalue weighted by Crippen LogP contribution is 2.47. The van der Waals surface area contributed by atoms with Gasteiger partial charge in [-0.15, -0.1) is 0 Å². The summed E-state index contributed by atoms with van der Waals surface area (Å²) in [5.41, 5.74) is 2.30. The lowest BCUT2D eigenvalue weighted by atomic mass is 9.96. The Kier molecular flexibility index (Phi) is 4.56. The SMILES string of the molecule is CC(c1ccc(F)cc1)N(C)C(=O)NCC1(c2ccccc2)CC1. The molecule has 2 aromatic carbocycles. The van der Waals surface area contributed by atoms with Gasteiger partial charge in [0.15, 0.2) is 0 Å². The van der Waals surface area contributed by atoms with E-state index in [1.807, 2.05) is 25.1 Å². The number of benzene rings is 2. The summed E-state index contributed by atoms with van der Waals surface area (Å²) in [6, 6.07) is 16.4. The van der Waals surface area contributed by atoms with Crippen molar-refractivity contribution in [3.8, 4) is 0 Å². The summed E-state index contributed by atoms with van der Waals surface area (Å²) in [7, 11) is 1.77. The third-order valence-corrected chi connectivity index (χ3v) is 5.07. The highest BCUT2D eigenvalue weighted by molar-refractivity contribution is 5.74. The van der Waals surface area contributed by atoms with E-state index < -0.39 is 0 Å². The van der Waals surface area contributed by atoms with Crippen LogP contribution in [0.25, 0.3) is 0 Å². The van der Waals surface area contributed by atoms with Crippen LogP contribution < -0.4 is 5.32 Å². The minimum atomic E-state index is -0.267. The van der Waals surface area contributed by atoms with Gasteiger partial charge in [0.05, 0.1) is 6.04 Å². The summed E-state index contributed by atoms with van der Waals surface area (Å²) < 4.78 is 13.0. The van der Waals surface area contributed by atoms with Crippen molar-refractivity contribution in [3.63, 3.8) is 0 Å². The Morgan fingerprint density at radius 1 is 1.17 bits per heavy atom. The molecule has 0 spiro atoms. The Morgan fingerprint density at radius 2 is 1.79 bits per heavy atom. The molecule has 4 heteroatoms. The maximum atomic E-state index is 13.0. The maximum Gasteiger partial charge on any atom is 0.317 e. The minimum absolute atomic E-state index is 0.0941. The Balaban J connectivity index is 1.59. The van der Waals surface area contributed by atoms with Crippen LogP contribution in [0.2, 0.25) is 0 Å². The molecule has 0 heterocycles. The zero-order chi connectivity index (χ0) is 17.2. The molecule has 126 valence electrons. The van der Waals surface area contributed by atoms with Crippen molar-refractivity contribution in [2.24, 2.45) is 0 Å². The molecule has 1 unspecified atom stereocenters. The number of halogens is 1. The van der Waals surface area contributed by atoms with Gasteiger partial charge >= 0.3 is 6.03 Å². The summed E-state index contributed by atoms with van der Waals surface area (Å²) in [5, 5.41) is 3.06. The monoisotopic (exact) mass is 326 g/mol. The first kappa shape index (κ1) is 16.5. The number of hydrogen-bond donors (Lipinski definition) is 1. The van der Waals surface area contributed by atoms with E-state index in [1.165, 1.54) is 17.7 Å². The molecular formula is C20H23FN2O. The molecule has 2 aromatic rings. The van der Waals surface area contributed by atoms with E-state index in [4.69, 9.17) is 0 Å². The average molecular weight is 326 g/mol. The van der Waals surface area contributed by atoms with Crippen molar-refractivity contribution in [2.45, 2.75) is 31.2 Å². The molecule has 1 atom stereocenters. The Hall–Kier alpha value is -2.36. The van der Waals surface area contributed by atoms with Gasteiger partial charge in [0.1, 0.15) is 5.82 Å². The van der Waals surface area contributed by atoms with E-state index in [0.29, 0.717) is 6.54 Å². The Bertz CT molecular complexity index is 695. The van der Waals surface area contributed by atoms with Gasteiger partial charge in [-0.25, -0.2) is 9.18 Å². The van der Waals surface area contributed by atoms with Crippen molar-refractivity contribution < 1.29 is 9.18 Å². The number of nitrogens with zero attached hydrogens (tertiary/aromatic N) is 1. The fraction of sp³-hybridized carbons (Fsp3) is 0.350. The molecule has 0 aliphatic heterocycles. The smallest absolute Gasteiger partial charge is 0.317 e. The van der Waals surface area contributed by atoms with E-state index in [0.717, 1.165) is 18.4 Å². The Labute approximate surface area is 142 Å². The van der Waals surface area contributed by atoms with Crippen LogP contribution in [0.4, 0.5) is 9.18 Å². The van der Waals surface area contributed by atoms with Crippen LogP contribution in [0, 0.1) is 5.82 Å². The fourth-order valence-corrected chi connectivity index (χ4v) is 3.02. The van der Waals surface area contributed by atoms with Crippen LogP contribution in [-0.2, 0) is 5.41 Å². The van der Waals surface area contributed by atoms with Crippen LogP contribution in [0.15, 0.2) is 54.6 Å². The number of carbonyl (C=O) groups is 1. The van der Waals surface area contributed by atoms with Crippen molar-refractivity contribution in [2.75, 3.05) is 13.6 Å². The normalized spacial score (nSPS) is 16.3. The number of amides is 2. The highest BCUT2D eigenvalue weighted by atomic mass is 19.1. The van der Waals surface area contributed by atoms with Crippen molar-refractivity contribution >= 4 is 6.03 Å². The molecule has 1 fully saturated rings. The molecule has 3 rings (SSSR count). The summed E-state index contributed by atoms with van der Waals surface area (Å²) in [4.78, 5) is 14.1. The van der Waals surface area contributed by atoms with E-state index >= 15 is 0 Å². The average Bonchev–Trinajstić information content (AvgIpc) is 3.41. The van der Waals surface area contributed by atoms with Crippen molar-refractivity contribution in [1.29, 1.82) is 0 Å². The van der Waals surface area contributed by atoms with E-state index in [2.05, 4.69) is 17.4 Å². The standard InChI is InChI=1S/C20H23FN2O/c1-15(16-8-10-18(21)11-9-16)23(2)19(24)22-14-20(12-13-20)17-6-4-3-5-7-17/h3-11,15H,12-14H2,1-2H3,(H,22,24). The van der Waals surface area contributed by atoms with Crippen molar-refractivity contribution in [3.05, 3.63) is 71.5 Å². The van der Waals surface area contributed by atoms with E-state index in [1.54, 1.807) is 24.1 Å². The quantitative estimate of drug-likeness (QED) is 0.875. The first-order valence-electron chi connectivity index (χ1n) is 8.33. The first-order chi connectivity index (χ1) is 11.5. The summed E-state index contributed by atoms with van der Waals surface area (Å²) in [6.45, 7) is 2.59.